The van der Waals surface area contributed by atoms with Crippen molar-refractivity contribution >= 4 is 51.2 Å². The Balaban J connectivity index is 1.23. The molecule has 0 unspecified atom stereocenters. The van der Waals surface area contributed by atoms with Crippen LogP contribution in [0.1, 0.15) is 37.1 Å². The van der Waals surface area contributed by atoms with E-state index in [0.717, 1.165) is 43.1 Å². The maximum atomic E-state index is 14.2. The van der Waals surface area contributed by atoms with Crippen molar-refractivity contribution in [2.75, 3.05) is 60.2 Å². The van der Waals surface area contributed by atoms with Gasteiger partial charge < -0.3 is 26.0 Å². The number of aromatic nitrogens is 3. The number of nitrogens with zero attached hydrogens (tertiary/aromatic N) is 5. The molecule has 1 aliphatic heterocycles. The molecule has 2 amide bonds. The Morgan fingerprint density at radius 1 is 0.977 bits per heavy atom. The fourth-order valence-corrected chi connectivity index (χ4v) is 5.42. The molecule has 1 aliphatic rings. The highest BCUT2D eigenvalue weighted by atomic mass is 32.1. The van der Waals surface area contributed by atoms with Crippen LogP contribution >= 0.6 is 11.3 Å². The molecule has 0 atom stereocenters. The number of hydrogen-bond donors (Lipinski definition) is 4. The maximum Gasteiger partial charge on any atom is 0.284 e. The summed E-state index contributed by atoms with van der Waals surface area (Å²) in [5.41, 5.74) is 2.40. The van der Waals surface area contributed by atoms with Crippen molar-refractivity contribution in [1.82, 2.24) is 19.9 Å². The predicted molar refractivity (Wildman–Crippen MR) is 166 cm³/mol. The van der Waals surface area contributed by atoms with E-state index >= 15 is 0 Å². The summed E-state index contributed by atoms with van der Waals surface area (Å²) < 4.78 is 14.2. The number of aryl methyl sites for hydroxylation is 3. The first-order valence-electron chi connectivity index (χ1n) is 13.8. The minimum absolute atomic E-state index is 0.0550. The molecule has 2 aromatic carbocycles. The maximum absolute atomic E-state index is 14.2. The summed E-state index contributed by atoms with van der Waals surface area (Å²) in [4.78, 5) is 43.5. The molecule has 5 rings (SSSR count). The van der Waals surface area contributed by atoms with Crippen LogP contribution in [0.5, 0.6) is 0 Å². The van der Waals surface area contributed by atoms with Crippen LogP contribution in [0, 0.1) is 26.6 Å². The quantitative estimate of drug-likeness (QED) is 0.220. The number of aliphatic hydroxyl groups is 1. The summed E-state index contributed by atoms with van der Waals surface area (Å²) in [6.07, 6.45) is 1.57. The van der Waals surface area contributed by atoms with Crippen molar-refractivity contribution in [3.8, 4) is 0 Å². The third kappa shape index (κ3) is 7.49. The summed E-state index contributed by atoms with van der Waals surface area (Å²) in [6.45, 7) is 9.56. The van der Waals surface area contributed by atoms with Crippen LogP contribution < -0.4 is 20.9 Å². The van der Waals surface area contributed by atoms with Crippen molar-refractivity contribution in [1.29, 1.82) is 0 Å². The normalized spacial score (nSPS) is 13.6. The topological polar surface area (TPSA) is 136 Å². The lowest BCUT2D eigenvalue weighted by atomic mass is 10.1. The number of halogens is 1. The molecule has 43 heavy (non-hydrogen) atoms. The van der Waals surface area contributed by atoms with E-state index in [4.69, 9.17) is 0 Å². The fraction of sp³-hybridized carbons (Fsp3) is 0.300. The van der Waals surface area contributed by atoms with E-state index in [-0.39, 0.29) is 17.2 Å². The number of thiazole rings is 1. The Kier molecular flexibility index (Phi) is 9.24. The highest BCUT2D eigenvalue weighted by Gasteiger charge is 2.20. The number of carbonyl (C=O) groups excluding carboxylic acids is 2. The van der Waals surface area contributed by atoms with E-state index in [1.807, 2.05) is 19.9 Å². The second-order valence-electron chi connectivity index (χ2n) is 10.3. The fourth-order valence-electron chi connectivity index (χ4n) is 4.70. The first kappa shape index (κ1) is 30.0. The molecular weight excluding hydrogens is 571 g/mol. The molecule has 13 heteroatoms. The van der Waals surface area contributed by atoms with Crippen LogP contribution in [0.4, 0.5) is 32.4 Å². The van der Waals surface area contributed by atoms with Gasteiger partial charge in [0.1, 0.15) is 28.3 Å². The smallest absolute Gasteiger partial charge is 0.284 e. The molecule has 0 aliphatic carbocycles. The molecule has 1 saturated heterocycles. The van der Waals surface area contributed by atoms with Gasteiger partial charge in [-0.15, -0.1) is 0 Å². The van der Waals surface area contributed by atoms with Gasteiger partial charge in [0.25, 0.3) is 11.8 Å². The van der Waals surface area contributed by atoms with Crippen LogP contribution in [0.15, 0.2) is 48.7 Å². The van der Waals surface area contributed by atoms with Crippen molar-refractivity contribution < 1.29 is 19.1 Å². The third-order valence-electron chi connectivity index (χ3n) is 7.00. The molecule has 0 saturated carbocycles. The van der Waals surface area contributed by atoms with E-state index in [1.54, 1.807) is 37.4 Å². The van der Waals surface area contributed by atoms with Gasteiger partial charge in [-0.2, -0.15) is 0 Å². The highest BCUT2D eigenvalue weighted by Crippen LogP contribution is 2.27. The van der Waals surface area contributed by atoms with E-state index in [2.05, 4.69) is 40.7 Å². The lowest BCUT2D eigenvalue weighted by Crippen LogP contribution is -2.47. The average molecular weight is 605 g/mol. The number of carbonyl (C=O) groups is 2. The molecule has 4 aromatic rings. The highest BCUT2D eigenvalue weighted by molar-refractivity contribution is 7.17. The Morgan fingerprint density at radius 3 is 2.53 bits per heavy atom. The zero-order valence-corrected chi connectivity index (χ0v) is 25.0. The predicted octanol–water partition coefficient (Wildman–Crippen LogP) is 4.36. The second-order valence-corrected chi connectivity index (χ2v) is 11.3. The molecule has 4 N–H and O–H groups in total. The molecule has 0 radical (unpaired) electrons. The van der Waals surface area contributed by atoms with Gasteiger partial charge in [0.15, 0.2) is 5.01 Å². The van der Waals surface area contributed by atoms with Crippen LogP contribution in [0.2, 0.25) is 0 Å². The number of β-amino-alcohol motifs (C(OH)–C–C–N with tert-alkyl or cyclic N) is 1. The minimum atomic E-state index is -0.609. The van der Waals surface area contributed by atoms with Crippen LogP contribution in [-0.4, -0.2) is 76.1 Å². The van der Waals surface area contributed by atoms with Crippen molar-refractivity contribution in [3.63, 3.8) is 0 Å². The van der Waals surface area contributed by atoms with Gasteiger partial charge in [0.05, 0.1) is 18.4 Å². The number of rotatable bonds is 9. The van der Waals surface area contributed by atoms with E-state index in [9.17, 15) is 19.1 Å². The Hall–Kier alpha value is -4.46. The first-order chi connectivity index (χ1) is 20.7. The van der Waals surface area contributed by atoms with E-state index < -0.39 is 17.6 Å². The Morgan fingerprint density at radius 2 is 1.77 bits per heavy atom. The molecule has 224 valence electrons. The van der Waals surface area contributed by atoms with Gasteiger partial charge in [0.2, 0.25) is 0 Å². The molecular formula is C30H33FN8O3S. The van der Waals surface area contributed by atoms with Gasteiger partial charge in [-0.1, -0.05) is 29.0 Å². The summed E-state index contributed by atoms with van der Waals surface area (Å²) in [5.74, 6) is 0.434. The van der Waals surface area contributed by atoms with Crippen molar-refractivity contribution in [2.45, 2.75) is 20.8 Å². The molecule has 11 nitrogen and oxygen atoms in total. The molecule has 2 aromatic heterocycles. The lowest BCUT2D eigenvalue weighted by molar-refractivity contribution is 0.101. The molecule has 1 fully saturated rings. The Labute approximate surface area is 252 Å². The number of amides is 2. The van der Waals surface area contributed by atoms with Gasteiger partial charge in [0, 0.05) is 50.2 Å². The molecule has 3 heterocycles. The van der Waals surface area contributed by atoms with Gasteiger partial charge in [-0.25, -0.2) is 19.3 Å². The van der Waals surface area contributed by atoms with Crippen LogP contribution in [-0.2, 0) is 0 Å². The lowest BCUT2D eigenvalue weighted by Gasteiger charge is -2.35. The van der Waals surface area contributed by atoms with E-state index in [0.29, 0.717) is 34.6 Å². The summed E-state index contributed by atoms with van der Waals surface area (Å²) in [5, 5.41) is 18.9. The SMILES string of the molecule is Cc1ccc(F)c(C(=O)Nc2ccc(C)c(NC(=O)c3ncc(Nc4cc(N5CCN(CCO)CC5)nc(C)n4)s3)c2)c1. The van der Waals surface area contributed by atoms with Gasteiger partial charge >= 0.3 is 0 Å². The van der Waals surface area contributed by atoms with Gasteiger partial charge in [-0.05, 0) is 50.6 Å². The summed E-state index contributed by atoms with van der Waals surface area (Å²) in [7, 11) is 0. The largest absolute Gasteiger partial charge is 0.395 e. The monoisotopic (exact) mass is 604 g/mol. The zero-order valence-electron chi connectivity index (χ0n) is 24.1. The molecule has 0 bridgehead atoms. The second kappa shape index (κ2) is 13.2. The van der Waals surface area contributed by atoms with Gasteiger partial charge in [-0.3, -0.25) is 14.5 Å². The third-order valence-corrected chi connectivity index (χ3v) is 7.91. The average Bonchev–Trinajstić information content (AvgIpc) is 3.45. The number of piperazine rings is 1. The minimum Gasteiger partial charge on any atom is -0.395 e. The molecule has 0 spiro atoms. The summed E-state index contributed by atoms with van der Waals surface area (Å²) in [6, 6.07) is 11.3. The Bertz CT molecular complexity index is 1640. The van der Waals surface area contributed by atoms with E-state index in [1.165, 1.54) is 23.5 Å². The number of hydrogen-bond acceptors (Lipinski definition) is 10. The standard InChI is InChI=1S/C30H33FN8O3S/c1-18-4-7-23(31)22(14-18)28(41)35-21-6-5-19(2)24(15-21)36-29(42)30-32-17-27(43-30)37-25-16-26(34-20(3)33-25)39-10-8-38(9-11-39)12-13-40/h4-7,14-17,40H,8-13H2,1-3H3,(H,35,41)(H,36,42)(H,33,34,37). The zero-order chi connectivity index (χ0) is 30.5. The van der Waals surface area contributed by atoms with Crippen LogP contribution in [0.3, 0.4) is 0 Å². The number of anilines is 5. The van der Waals surface area contributed by atoms with Crippen LogP contribution in [0.25, 0.3) is 0 Å². The number of aliphatic hydroxyl groups excluding tert-OH is 1. The van der Waals surface area contributed by atoms with Crippen molar-refractivity contribution in [2.24, 2.45) is 0 Å². The first-order valence-corrected chi connectivity index (χ1v) is 14.7. The summed E-state index contributed by atoms with van der Waals surface area (Å²) >= 11 is 1.18. The van der Waals surface area contributed by atoms with Crippen molar-refractivity contribution in [3.05, 3.63) is 82.0 Å². The number of nitrogens with one attached hydrogen (secondary N) is 3. The number of benzene rings is 2.